The molecular weight excluding hydrogens is 410 g/mol. The molecule has 1 fully saturated rings. The van der Waals surface area contributed by atoms with Crippen LogP contribution in [0.25, 0.3) is 0 Å². The lowest BCUT2D eigenvalue weighted by Gasteiger charge is -2.24. The summed E-state index contributed by atoms with van der Waals surface area (Å²) in [5.41, 5.74) is 8.76. The summed E-state index contributed by atoms with van der Waals surface area (Å²) in [6.45, 7) is 0.556. The summed E-state index contributed by atoms with van der Waals surface area (Å²) in [5, 5.41) is 2.72. The molecule has 7 heteroatoms. The highest BCUT2D eigenvalue weighted by molar-refractivity contribution is 8.00. The van der Waals surface area contributed by atoms with Crippen molar-refractivity contribution >= 4 is 35.2 Å². The molecule has 3 aromatic carbocycles. The molecule has 3 aromatic rings. The third kappa shape index (κ3) is 4.78. The number of rotatable bonds is 6. The van der Waals surface area contributed by atoms with Gasteiger partial charge in [-0.1, -0.05) is 42.5 Å². The molecule has 0 bridgehead atoms. The zero-order chi connectivity index (χ0) is 21.8. The molecule has 0 unspecified atom stereocenters. The maximum absolute atomic E-state index is 12.6. The van der Waals surface area contributed by atoms with Crippen LogP contribution in [0, 0.1) is 0 Å². The Labute approximate surface area is 184 Å². The Morgan fingerprint density at radius 3 is 2.23 bits per heavy atom. The van der Waals surface area contributed by atoms with Crippen LogP contribution in [0.15, 0.2) is 78.9 Å². The SMILES string of the molecule is NC(=O)c1ccc(NC(=O)c2ccc([C@@H]3SCC(=O)N3Cc3ccccc3)cc2)cc1. The maximum Gasteiger partial charge on any atom is 0.255 e. The number of anilines is 1. The van der Waals surface area contributed by atoms with E-state index < -0.39 is 5.91 Å². The first-order valence-corrected chi connectivity index (χ1v) is 10.8. The minimum Gasteiger partial charge on any atom is -0.366 e. The molecule has 0 saturated carbocycles. The van der Waals surface area contributed by atoms with Crippen LogP contribution in [0.4, 0.5) is 5.69 Å². The topological polar surface area (TPSA) is 92.5 Å². The van der Waals surface area contributed by atoms with Crippen molar-refractivity contribution in [2.24, 2.45) is 5.73 Å². The van der Waals surface area contributed by atoms with Gasteiger partial charge in [0.25, 0.3) is 5.91 Å². The second kappa shape index (κ2) is 9.06. The van der Waals surface area contributed by atoms with Gasteiger partial charge in [-0.2, -0.15) is 0 Å². The number of hydrogen-bond donors (Lipinski definition) is 2. The first-order chi connectivity index (χ1) is 15.0. The largest absolute Gasteiger partial charge is 0.366 e. The van der Waals surface area contributed by atoms with Crippen LogP contribution in [0.5, 0.6) is 0 Å². The lowest BCUT2D eigenvalue weighted by Crippen LogP contribution is -2.27. The van der Waals surface area contributed by atoms with Crippen molar-refractivity contribution in [1.82, 2.24) is 4.90 Å². The van der Waals surface area contributed by atoms with Crippen molar-refractivity contribution in [3.05, 3.63) is 101 Å². The maximum atomic E-state index is 12.6. The molecule has 1 atom stereocenters. The van der Waals surface area contributed by atoms with Gasteiger partial charge in [-0.3, -0.25) is 14.4 Å². The molecule has 0 radical (unpaired) electrons. The highest BCUT2D eigenvalue weighted by atomic mass is 32.2. The molecule has 0 aromatic heterocycles. The second-order valence-corrected chi connectivity index (χ2v) is 8.26. The predicted molar refractivity (Wildman–Crippen MR) is 122 cm³/mol. The van der Waals surface area contributed by atoms with Gasteiger partial charge in [0.2, 0.25) is 11.8 Å². The Hall–Kier alpha value is -3.58. The molecule has 31 heavy (non-hydrogen) atoms. The molecule has 3 N–H and O–H groups in total. The third-order valence-corrected chi connectivity index (χ3v) is 6.31. The fraction of sp³-hybridized carbons (Fsp3) is 0.125. The molecule has 1 saturated heterocycles. The van der Waals surface area contributed by atoms with Crippen molar-refractivity contribution in [3.63, 3.8) is 0 Å². The number of nitrogens with zero attached hydrogens (tertiary/aromatic N) is 1. The Bertz CT molecular complexity index is 1100. The summed E-state index contributed by atoms with van der Waals surface area (Å²) in [5.74, 6) is -0.214. The minimum absolute atomic E-state index is 0.0776. The van der Waals surface area contributed by atoms with Crippen LogP contribution in [0.3, 0.4) is 0 Å². The van der Waals surface area contributed by atoms with Crippen molar-refractivity contribution < 1.29 is 14.4 Å². The van der Waals surface area contributed by atoms with Gasteiger partial charge in [-0.15, -0.1) is 11.8 Å². The Kier molecular flexibility index (Phi) is 6.04. The smallest absolute Gasteiger partial charge is 0.255 e. The van der Waals surface area contributed by atoms with Crippen LogP contribution in [-0.4, -0.2) is 28.4 Å². The van der Waals surface area contributed by atoms with Crippen molar-refractivity contribution in [2.45, 2.75) is 11.9 Å². The number of benzene rings is 3. The summed E-state index contributed by atoms with van der Waals surface area (Å²) >= 11 is 1.59. The monoisotopic (exact) mass is 431 g/mol. The van der Waals surface area contributed by atoms with Gasteiger partial charge in [0.1, 0.15) is 5.37 Å². The zero-order valence-corrected chi connectivity index (χ0v) is 17.5. The van der Waals surface area contributed by atoms with Crippen LogP contribution < -0.4 is 11.1 Å². The van der Waals surface area contributed by atoms with E-state index in [-0.39, 0.29) is 17.2 Å². The van der Waals surface area contributed by atoms with E-state index in [4.69, 9.17) is 5.73 Å². The number of nitrogens with one attached hydrogen (secondary N) is 1. The third-order valence-electron chi connectivity index (χ3n) is 5.05. The molecule has 4 rings (SSSR count). The summed E-state index contributed by atoms with van der Waals surface area (Å²) in [6, 6.07) is 23.6. The number of hydrogen-bond acceptors (Lipinski definition) is 4. The van der Waals surface area contributed by atoms with E-state index in [9.17, 15) is 14.4 Å². The fourth-order valence-electron chi connectivity index (χ4n) is 3.40. The van der Waals surface area contributed by atoms with E-state index in [0.717, 1.165) is 11.1 Å². The lowest BCUT2D eigenvalue weighted by molar-refractivity contribution is -0.128. The van der Waals surface area contributed by atoms with Crippen LogP contribution in [0.2, 0.25) is 0 Å². The van der Waals surface area contributed by atoms with E-state index in [1.807, 2.05) is 47.4 Å². The Balaban J connectivity index is 1.45. The van der Waals surface area contributed by atoms with Gasteiger partial charge in [0, 0.05) is 23.4 Å². The molecule has 1 aliphatic rings. The zero-order valence-electron chi connectivity index (χ0n) is 16.7. The summed E-state index contributed by atoms with van der Waals surface area (Å²) in [7, 11) is 0. The Morgan fingerprint density at radius 1 is 0.935 bits per heavy atom. The number of carbonyl (C=O) groups excluding carboxylic acids is 3. The molecule has 1 aliphatic heterocycles. The first-order valence-electron chi connectivity index (χ1n) is 9.77. The second-order valence-electron chi connectivity index (χ2n) is 7.19. The van der Waals surface area contributed by atoms with Crippen molar-refractivity contribution in [1.29, 1.82) is 0 Å². The molecule has 0 spiro atoms. The van der Waals surface area contributed by atoms with Crippen molar-refractivity contribution in [2.75, 3.05) is 11.1 Å². The van der Waals surface area contributed by atoms with Gasteiger partial charge in [0.05, 0.1) is 5.75 Å². The highest BCUT2D eigenvalue weighted by Gasteiger charge is 2.32. The minimum atomic E-state index is -0.516. The molecule has 3 amide bonds. The van der Waals surface area contributed by atoms with Gasteiger partial charge >= 0.3 is 0 Å². The molecule has 6 nitrogen and oxygen atoms in total. The summed E-state index contributed by atoms with van der Waals surface area (Å²) in [4.78, 5) is 38.0. The molecule has 156 valence electrons. The van der Waals surface area contributed by atoms with Crippen LogP contribution in [-0.2, 0) is 11.3 Å². The normalized spacial score (nSPS) is 15.7. The average Bonchev–Trinajstić information content (AvgIpc) is 3.15. The van der Waals surface area contributed by atoms with E-state index in [1.165, 1.54) is 0 Å². The van der Waals surface area contributed by atoms with E-state index >= 15 is 0 Å². The number of amides is 3. The highest BCUT2D eigenvalue weighted by Crippen LogP contribution is 2.39. The van der Waals surface area contributed by atoms with E-state index in [1.54, 1.807) is 48.2 Å². The van der Waals surface area contributed by atoms with Crippen LogP contribution in [0.1, 0.15) is 37.2 Å². The predicted octanol–water partition coefficient (Wildman–Crippen LogP) is 3.81. The fourth-order valence-corrected chi connectivity index (χ4v) is 4.59. The number of thioether (sulfide) groups is 1. The number of carbonyl (C=O) groups is 3. The lowest BCUT2D eigenvalue weighted by atomic mass is 10.1. The number of primary amides is 1. The molecular formula is C24H21N3O3S. The average molecular weight is 432 g/mol. The van der Waals surface area contributed by atoms with Crippen LogP contribution >= 0.6 is 11.8 Å². The quantitative estimate of drug-likeness (QED) is 0.621. The molecule has 0 aliphatic carbocycles. The van der Waals surface area contributed by atoms with Crippen molar-refractivity contribution in [3.8, 4) is 0 Å². The Morgan fingerprint density at radius 2 is 1.58 bits per heavy atom. The summed E-state index contributed by atoms with van der Waals surface area (Å²) < 4.78 is 0. The van der Waals surface area contributed by atoms with E-state index in [0.29, 0.717) is 29.1 Å². The van der Waals surface area contributed by atoms with E-state index in [2.05, 4.69) is 5.32 Å². The number of nitrogens with two attached hydrogens (primary N) is 1. The van der Waals surface area contributed by atoms with Gasteiger partial charge in [-0.25, -0.2) is 0 Å². The molecule has 1 heterocycles. The van der Waals surface area contributed by atoms with Gasteiger partial charge < -0.3 is 16.0 Å². The first kappa shape index (κ1) is 20.7. The van der Waals surface area contributed by atoms with Gasteiger partial charge in [-0.05, 0) is 47.5 Å². The standard InChI is InChI=1S/C24H21N3O3S/c25-22(29)17-10-12-20(13-11-17)26-23(30)18-6-8-19(9-7-18)24-27(21(28)15-31-24)14-16-4-2-1-3-5-16/h1-13,24H,14-15H2,(H2,25,29)(H,26,30)/t24-/m0/s1. The van der Waals surface area contributed by atoms with Gasteiger partial charge in [0.15, 0.2) is 0 Å². The summed E-state index contributed by atoms with van der Waals surface area (Å²) in [6.07, 6.45) is 0.